The minimum absolute atomic E-state index is 0.909. The van der Waals surface area contributed by atoms with E-state index in [0.717, 1.165) is 33.8 Å². The highest BCUT2D eigenvalue weighted by Gasteiger charge is 2.03. The van der Waals surface area contributed by atoms with Gasteiger partial charge in [-0.2, -0.15) is 0 Å². The van der Waals surface area contributed by atoms with Crippen LogP contribution in [0.4, 0.5) is 0 Å². The fourth-order valence-electron chi connectivity index (χ4n) is 2.85. The molecule has 5 rings (SSSR count). The fraction of sp³-hybridized carbons (Fsp3) is 0. The van der Waals surface area contributed by atoms with E-state index >= 15 is 0 Å². The van der Waals surface area contributed by atoms with E-state index in [-0.39, 0.29) is 0 Å². The van der Waals surface area contributed by atoms with Gasteiger partial charge in [0.05, 0.1) is 22.6 Å². The van der Waals surface area contributed by atoms with Crippen molar-refractivity contribution in [2.75, 3.05) is 0 Å². The molecule has 0 saturated heterocycles. The van der Waals surface area contributed by atoms with Crippen molar-refractivity contribution in [2.24, 2.45) is 0 Å². The van der Waals surface area contributed by atoms with E-state index in [2.05, 4.69) is 27.1 Å². The zero-order valence-electron chi connectivity index (χ0n) is 12.8. The molecule has 0 amide bonds. The van der Waals surface area contributed by atoms with Crippen molar-refractivity contribution in [2.45, 2.75) is 0 Å². The van der Waals surface area contributed by atoms with E-state index in [4.69, 9.17) is 0 Å². The number of aromatic amines is 1. The van der Waals surface area contributed by atoms with Crippen LogP contribution in [0.2, 0.25) is 0 Å². The Morgan fingerprint density at radius 2 is 1.54 bits per heavy atom. The van der Waals surface area contributed by atoms with Crippen molar-refractivity contribution in [3.8, 4) is 0 Å². The smallest absolute Gasteiger partial charge is 0.253 e. The van der Waals surface area contributed by atoms with Crippen LogP contribution in [0.1, 0.15) is 22.8 Å². The Kier molecular flexibility index (Phi) is 2.72. The molecule has 2 aliphatic rings. The van der Waals surface area contributed by atoms with E-state index in [1.807, 2.05) is 76.4 Å². The molecule has 0 aliphatic carbocycles. The third-order valence-electron chi connectivity index (χ3n) is 3.94. The number of nitrogens with zero attached hydrogens (tertiary/aromatic N) is 4. The second-order valence-electron chi connectivity index (χ2n) is 5.81. The molecule has 114 valence electrons. The first-order valence-corrected chi connectivity index (χ1v) is 7.74. The van der Waals surface area contributed by atoms with Crippen molar-refractivity contribution in [3.05, 3.63) is 78.2 Å². The van der Waals surface area contributed by atoms with Crippen molar-refractivity contribution in [1.82, 2.24) is 19.4 Å². The maximum Gasteiger partial charge on any atom is 0.253 e. The third kappa shape index (κ3) is 2.42. The van der Waals surface area contributed by atoms with Crippen molar-refractivity contribution >= 4 is 35.3 Å². The summed E-state index contributed by atoms with van der Waals surface area (Å²) in [5, 5.41) is 0. The van der Waals surface area contributed by atoms with Crippen LogP contribution in [0, 0.1) is 0 Å². The number of imidazole rings is 1. The molecule has 3 aromatic heterocycles. The zero-order chi connectivity index (χ0) is 15.9. The van der Waals surface area contributed by atoms with Gasteiger partial charge in [-0.15, -0.1) is 0 Å². The average Bonchev–Trinajstić information content (AvgIpc) is 3.32. The van der Waals surface area contributed by atoms with Crippen LogP contribution in [-0.2, 0) is 0 Å². The molecular weight excluding hydrogens is 298 g/mol. The molecule has 0 aromatic carbocycles. The third-order valence-corrected chi connectivity index (χ3v) is 3.94. The maximum atomic E-state index is 4.62. The molecule has 0 spiro atoms. The number of rotatable bonds is 0. The van der Waals surface area contributed by atoms with Crippen molar-refractivity contribution in [1.29, 1.82) is 0 Å². The average molecular weight is 312 g/mol. The van der Waals surface area contributed by atoms with E-state index < -0.39 is 0 Å². The van der Waals surface area contributed by atoms with Gasteiger partial charge in [-0.3, -0.25) is 0 Å². The Hall–Kier alpha value is -3.47. The molecule has 5 heterocycles. The van der Waals surface area contributed by atoms with Crippen LogP contribution < -0.4 is 4.40 Å². The van der Waals surface area contributed by atoms with Crippen molar-refractivity contribution in [3.63, 3.8) is 0 Å². The molecule has 1 N–H and O–H groups in total. The lowest BCUT2D eigenvalue weighted by Crippen LogP contribution is -2.13. The number of H-pyrrole nitrogens is 1. The highest BCUT2D eigenvalue weighted by molar-refractivity contribution is 5.75. The number of hydrogen-bond donors (Lipinski definition) is 1. The topological polar surface area (TPSA) is 50.1 Å². The second-order valence-corrected chi connectivity index (χ2v) is 5.81. The molecule has 0 saturated carbocycles. The van der Waals surface area contributed by atoms with Crippen molar-refractivity contribution < 1.29 is 4.40 Å². The summed E-state index contributed by atoms with van der Waals surface area (Å²) in [5.74, 6) is 0. The summed E-state index contributed by atoms with van der Waals surface area (Å²) in [4.78, 5) is 12.6. The summed E-state index contributed by atoms with van der Waals surface area (Å²) < 4.78 is 4.00. The SMILES string of the molecule is C1=Cc2cc3ccc(c[n+]4ccn(cc5nc(cc1n2)C=C5)c4)[nH]3. The largest absolute Gasteiger partial charge is 0.353 e. The van der Waals surface area contributed by atoms with Gasteiger partial charge in [0, 0.05) is 5.52 Å². The van der Waals surface area contributed by atoms with Gasteiger partial charge in [-0.1, -0.05) is 0 Å². The van der Waals surface area contributed by atoms with Gasteiger partial charge in [0.1, 0.15) is 30.5 Å². The van der Waals surface area contributed by atoms with Gasteiger partial charge < -0.3 is 4.98 Å². The number of hydrogen-bond acceptors (Lipinski definition) is 2. The van der Waals surface area contributed by atoms with Crippen LogP contribution in [0.15, 0.2) is 55.4 Å². The highest BCUT2D eigenvalue weighted by Crippen LogP contribution is 2.15. The molecule has 8 bridgehead atoms. The number of nitrogens with one attached hydrogen (secondary N) is 1. The first-order chi connectivity index (χ1) is 11.8. The lowest BCUT2D eigenvalue weighted by atomic mass is 10.3. The Morgan fingerprint density at radius 1 is 0.833 bits per heavy atom. The van der Waals surface area contributed by atoms with Gasteiger partial charge in [0.25, 0.3) is 6.33 Å². The predicted octanol–water partition coefficient (Wildman–Crippen LogP) is 3.01. The van der Waals surface area contributed by atoms with Gasteiger partial charge in [0.2, 0.25) is 0 Å². The Balaban J connectivity index is 1.85. The summed E-state index contributed by atoms with van der Waals surface area (Å²) in [6.45, 7) is 0. The Morgan fingerprint density at radius 3 is 2.42 bits per heavy atom. The normalized spacial score (nSPS) is 12.7. The Labute approximate surface area is 137 Å². The molecule has 0 atom stereocenters. The van der Waals surface area contributed by atoms with Crippen LogP contribution in [0.5, 0.6) is 0 Å². The van der Waals surface area contributed by atoms with Gasteiger partial charge in [-0.25, -0.2) is 18.8 Å². The molecule has 3 aromatic rings. The van der Waals surface area contributed by atoms with Crippen LogP contribution in [0.25, 0.3) is 35.3 Å². The number of fused-ring (bicyclic) bond motifs is 8. The number of aromatic nitrogens is 5. The molecule has 5 nitrogen and oxygen atoms in total. The minimum atomic E-state index is 0.909. The standard InChI is InChI=1S/C19H14N5/c1-2-15-10-17-4-6-19(22-17)12-24-8-7-23(13-24)11-18-5-3-16(21-18)9-14(1)20-15/h1-13,21H/q+1. The summed E-state index contributed by atoms with van der Waals surface area (Å²) in [6, 6.07) is 8.13. The molecule has 5 heteroatoms. The first-order valence-electron chi connectivity index (χ1n) is 7.74. The van der Waals surface area contributed by atoms with E-state index in [9.17, 15) is 0 Å². The van der Waals surface area contributed by atoms with Gasteiger partial charge in [-0.05, 0) is 48.6 Å². The summed E-state index contributed by atoms with van der Waals surface area (Å²) in [5.41, 5.74) is 5.72. The molecule has 24 heavy (non-hydrogen) atoms. The quantitative estimate of drug-likeness (QED) is 0.447. The predicted molar refractivity (Wildman–Crippen MR) is 93.6 cm³/mol. The van der Waals surface area contributed by atoms with E-state index in [1.54, 1.807) is 0 Å². The van der Waals surface area contributed by atoms with Crippen LogP contribution in [-0.4, -0.2) is 19.4 Å². The highest BCUT2D eigenvalue weighted by atomic mass is 15.0. The summed E-state index contributed by atoms with van der Waals surface area (Å²) >= 11 is 0. The summed E-state index contributed by atoms with van der Waals surface area (Å²) in [6.07, 6.45) is 18.0. The lowest BCUT2D eigenvalue weighted by molar-refractivity contribution is -0.537. The van der Waals surface area contributed by atoms with E-state index in [0.29, 0.717) is 0 Å². The molecule has 0 fully saturated rings. The molecular formula is C19H14N5+. The molecule has 0 radical (unpaired) electrons. The van der Waals surface area contributed by atoms with Crippen LogP contribution in [0.3, 0.4) is 0 Å². The maximum absolute atomic E-state index is 4.62. The molecule has 0 unspecified atom stereocenters. The van der Waals surface area contributed by atoms with E-state index in [1.165, 1.54) is 0 Å². The van der Waals surface area contributed by atoms with Gasteiger partial charge in [0.15, 0.2) is 0 Å². The Bertz CT molecular complexity index is 1070. The summed E-state index contributed by atoms with van der Waals surface area (Å²) in [7, 11) is 0. The minimum Gasteiger partial charge on any atom is -0.353 e. The van der Waals surface area contributed by atoms with Crippen LogP contribution >= 0.6 is 0 Å². The van der Waals surface area contributed by atoms with Gasteiger partial charge >= 0.3 is 0 Å². The first kappa shape index (κ1) is 13.0. The second kappa shape index (κ2) is 5.03. The monoisotopic (exact) mass is 312 g/mol. The molecule has 2 aliphatic heterocycles. The zero-order valence-corrected chi connectivity index (χ0v) is 12.8. The fourth-order valence-corrected chi connectivity index (χ4v) is 2.85. The lowest BCUT2D eigenvalue weighted by Gasteiger charge is -1.84.